The molecule has 26 heavy (non-hydrogen) atoms. The van der Waals surface area contributed by atoms with E-state index in [1.54, 1.807) is 6.20 Å². The monoisotopic (exact) mass is 348 g/mol. The fourth-order valence-corrected chi connectivity index (χ4v) is 3.86. The number of benzene rings is 1. The predicted octanol–water partition coefficient (Wildman–Crippen LogP) is 3.94. The number of hydrogen-bond acceptors (Lipinski definition) is 3. The molecule has 2 N–H and O–H groups in total. The molecule has 1 atom stereocenters. The van der Waals surface area contributed by atoms with E-state index in [1.165, 1.54) is 12.0 Å². The maximum atomic E-state index is 12.9. The topological polar surface area (TPSA) is 70.7 Å². The summed E-state index contributed by atoms with van der Waals surface area (Å²) in [6.07, 6.45) is 8.00. The van der Waals surface area contributed by atoms with E-state index in [0.717, 1.165) is 43.2 Å². The van der Waals surface area contributed by atoms with Gasteiger partial charge in [0.15, 0.2) is 5.65 Å². The minimum Gasteiger partial charge on any atom is -0.347 e. The second-order valence-electron chi connectivity index (χ2n) is 7.10. The number of aromatic nitrogens is 3. The molecule has 0 aliphatic heterocycles. The van der Waals surface area contributed by atoms with Gasteiger partial charge in [0.2, 0.25) is 5.91 Å². The van der Waals surface area contributed by atoms with Gasteiger partial charge in [0.25, 0.3) is 0 Å². The second kappa shape index (κ2) is 7.68. The minimum absolute atomic E-state index is 0.134. The Kier molecular flexibility index (Phi) is 4.95. The molecule has 0 unspecified atom stereocenters. The molecule has 1 aliphatic carbocycles. The summed E-state index contributed by atoms with van der Waals surface area (Å²) in [5.41, 5.74) is 2.81. The van der Waals surface area contributed by atoms with Crippen LogP contribution in [0.4, 0.5) is 0 Å². The van der Waals surface area contributed by atoms with Gasteiger partial charge < -0.3 is 5.32 Å². The van der Waals surface area contributed by atoms with E-state index < -0.39 is 0 Å². The first-order valence-corrected chi connectivity index (χ1v) is 9.44. The van der Waals surface area contributed by atoms with Crippen molar-refractivity contribution in [3.63, 3.8) is 0 Å². The van der Waals surface area contributed by atoms with Gasteiger partial charge in [-0.2, -0.15) is 5.10 Å². The maximum absolute atomic E-state index is 12.9. The Morgan fingerprint density at radius 3 is 2.73 bits per heavy atom. The predicted molar refractivity (Wildman–Crippen MR) is 101 cm³/mol. The summed E-state index contributed by atoms with van der Waals surface area (Å²) in [7, 11) is 0. The van der Waals surface area contributed by atoms with Crippen molar-refractivity contribution in [3.8, 4) is 0 Å². The van der Waals surface area contributed by atoms with Crippen LogP contribution in [-0.4, -0.2) is 21.1 Å². The van der Waals surface area contributed by atoms with Crippen LogP contribution in [0.25, 0.3) is 11.0 Å². The van der Waals surface area contributed by atoms with Gasteiger partial charge in [0.05, 0.1) is 11.7 Å². The van der Waals surface area contributed by atoms with E-state index in [9.17, 15) is 4.79 Å². The Bertz CT molecular complexity index is 868. The Balaban J connectivity index is 1.61. The zero-order valence-electron chi connectivity index (χ0n) is 14.8. The lowest BCUT2D eigenvalue weighted by Gasteiger charge is -2.25. The minimum atomic E-state index is -0.138. The fraction of sp³-hybridized carbons (Fsp3) is 0.381. The van der Waals surface area contributed by atoms with Gasteiger partial charge in [-0.15, -0.1) is 0 Å². The Hall–Kier alpha value is -2.69. The number of aromatic amines is 1. The van der Waals surface area contributed by atoms with Crippen molar-refractivity contribution in [1.82, 2.24) is 20.5 Å². The van der Waals surface area contributed by atoms with E-state index in [4.69, 9.17) is 0 Å². The van der Waals surface area contributed by atoms with E-state index in [0.29, 0.717) is 5.65 Å². The quantitative estimate of drug-likeness (QED) is 0.734. The molecule has 0 spiro atoms. The number of carbonyl (C=O) groups is 1. The van der Waals surface area contributed by atoms with Gasteiger partial charge >= 0.3 is 0 Å². The van der Waals surface area contributed by atoms with Gasteiger partial charge in [-0.1, -0.05) is 49.6 Å². The molecule has 134 valence electrons. The number of pyridine rings is 1. The third-order valence-electron chi connectivity index (χ3n) is 5.28. The lowest BCUT2D eigenvalue weighted by Crippen LogP contribution is -2.36. The number of rotatable bonds is 5. The first-order chi connectivity index (χ1) is 12.8. The molecule has 1 aliphatic rings. The molecule has 1 aromatic carbocycles. The molecule has 0 bridgehead atoms. The van der Waals surface area contributed by atoms with Gasteiger partial charge in [0.1, 0.15) is 0 Å². The molecule has 3 aromatic rings. The average molecular weight is 348 g/mol. The number of carbonyl (C=O) groups excluding carboxylic acids is 1. The van der Waals surface area contributed by atoms with E-state index in [1.807, 2.05) is 30.3 Å². The summed E-state index contributed by atoms with van der Waals surface area (Å²) < 4.78 is 0. The highest BCUT2D eigenvalue weighted by molar-refractivity contribution is 5.82. The van der Waals surface area contributed by atoms with Crippen LogP contribution < -0.4 is 5.32 Å². The van der Waals surface area contributed by atoms with Crippen LogP contribution in [0.1, 0.15) is 49.4 Å². The molecule has 0 saturated heterocycles. The van der Waals surface area contributed by atoms with Crippen LogP contribution in [0.5, 0.6) is 0 Å². The zero-order chi connectivity index (χ0) is 17.8. The molecular formula is C21H24N4O. The van der Waals surface area contributed by atoms with Gasteiger partial charge in [0, 0.05) is 17.5 Å². The first-order valence-electron chi connectivity index (χ1n) is 9.44. The first kappa shape index (κ1) is 16.8. The van der Waals surface area contributed by atoms with Crippen molar-refractivity contribution < 1.29 is 4.79 Å². The standard InChI is InChI=1S/C21H24N4O/c26-21(16-10-5-2-6-11-16)23-18(14-15-8-3-1-4-9-15)19-17-12-7-13-22-20(17)25-24-19/h1,3-4,7-9,12-13,16,18H,2,5-6,10-11,14H2,(H,23,26)(H,22,24,25)/t18-/m0/s1. The second-order valence-corrected chi connectivity index (χ2v) is 7.10. The van der Waals surface area contributed by atoms with E-state index in [2.05, 4.69) is 32.6 Å². The van der Waals surface area contributed by atoms with Crippen molar-refractivity contribution in [2.75, 3.05) is 0 Å². The van der Waals surface area contributed by atoms with Crippen molar-refractivity contribution in [2.24, 2.45) is 5.92 Å². The van der Waals surface area contributed by atoms with Crippen LogP contribution >= 0.6 is 0 Å². The third-order valence-corrected chi connectivity index (χ3v) is 5.28. The number of H-pyrrole nitrogens is 1. The number of nitrogens with one attached hydrogen (secondary N) is 2. The van der Waals surface area contributed by atoms with Gasteiger partial charge in [-0.05, 0) is 37.0 Å². The third kappa shape index (κ3) is 3.62. The molecular weight excluding hydrogens is 324 g/mol. The Morgan fingerprint density at radius 1 is 1.12 bits per heavy atom. The molecule has 1 fully saturated rings. The number of fused-ring (bicyclic) bond motifs is 1. The highest BCUT2D eigenvalue weighted by Crippen LogP contribution is 2.27. The lowest BCUT2D eigenvalue weighted by molar-refractivity contribution is -0.126. The molecule has 2 aromatic heterocycles. The number of hydrogen-bond donors (Lipinski definition) is 2. The number of amides is 1. The van der Waals surface area contributed by atoms with Crippen molar-refractivity contribution in [3.05, 3.63) is 59.9 Å². The highest BCUT2D eigenvalue weighted by atomic mass is 16.1. The molecule has 1 saturated carbocycles. The van der Waals surface area contributed by atoms with Crippen molar-refractivity contribution in [1.29, 1.82) is 0 Å². The molecule has 0 radical (unpaired) electrons. The van der Waals surface area contributed by atoms with Crippen LogP contribution in [0, 0.1) is 5.92 Å². The van der Waals surface area contributed by atoms with Crippen LogP contribution in [-0.2, 0) is 11.2 Å². The fourth-order valence-electron chi connectivity index (χ4n) is 3.86. The van der Waals surface area contributed by atoms with Gasteiger partial charge in [-0.25, -0.2) is 4.98 Å². The van der Waals surface area contributed by atoms with Crippen molar-refractivity contribution >= 4 is 16.9 Å². The summed E-state index contributed by atoms with van der Waals surface area (Å²) >= 11 is 0. The van der Waals surface area contributed by atoms with Gasteiger partial charge in [-0.3, -0.25) is 9.89 Å². The molecule has 2 heterocycles. The maximum Gasteiger partial charge on any atom is 0.223 e. The summed E-state index contributed by atoms with van der Waals surface area (Å²) in [6, 6.07) is 14.0. The Morgan fingerprint density at radius 2 is 1.92 bits per heavy atom. The summed E-state index contributed by atoms with van der Waals surface area (Å²) in [5.74, 6) is 0.298. The average Bonchev–Trinajstić information content (AvgIpc) is 3.13. The molecule has 4 rings (SSSR count). The molecule has 5 nitrogen and oxygen atoms in total. The van der Waals surface area contributed by atoms with Crippen molar-refractivity contribution in [2.45, 2.75) is 44.6 Å². The summed E-state index contributed by atoms with van der Waals surface area (Å²) in [6.45, 7) is 0. The molecule has 5 heteroatoms. The van der Waals surface area contributed by atoms with Crippen LogP contribution in [0.3, 0.4) is 0 Å². The SMILES string of the molecule is O=C(N[C@@H](Cc1ccccc1)c1[nH]nc2ncccc12)C1CCCCC1. The lowest BCUT2D eigenvalue weighted by atomic mass is 9.88. The number of nitrogens with zero attached hydrogens (tertiary/aromatic N) is 2. The van der Waals surface area contributed by atoms with E-state index >= 15 is 0 Å². The normalized spacial score (nSPS) is 16.5. The van der Waals surface area contributed by atoms with Crippen LogP contribution in [0.2, 0.25) is 0 Å². The smallest absolute Gasteiger partial charge is 0.223 e. The summed E-state index contributed by atoms with van der Waals surface area (Å²) in [4.78, 5) is 17.2. The molecule has 1 amide bonds. The Labute approximate surface area is 153 Å². The largest absolute Gasteiger partial charge is 0.347 e. The van der Waals surface area contributed by atoms with E-state index in [-0.39, 0.29) is 17.9 Å². The summed E-state index contributed by atoms with van der Waals surface area (Å²) in [5, 5.41) is 11.7. The zero-order valence-corrected chi connectivity index (χ0v) is 14.8. The van der Waals surface area contributed by atoms with Crippen LogP contribution in [0.15, 0.2) is 48.7 Å². The highest BCUT2D eigenvalue weighted by Gasteiger charge is 2.26.